The minimum atomic E-state index is -0.224. The zero-order valence-electron chi connectivity index (χ0n) is 26.4. The molecule has 0 fully saturated rings. The van der Waals surface area contributed by atoms with Crippen molar-refractivity contribution in [3.8, 4) is 5.82 Å². The fourth-order valence-electron chi connectivity index (χ4n) is 6.42. The van der Waals surface area contributed by atoms with Crippen LogP contribution in [0.2, 0.25) is 0 Å². The van der Waals surface area contributed by atoms with Gasteiger partial charge in [0.25, 0.3) is 0 Å². The average Bonchev–Trinajstić information content (AvgIpc) is 3.62. The van der Waals surface area contributed by atoms with Gasteiger partial charge in [0.15, 0.2) is 0 Å². The van der Waals surface area contributed by atoms with Crippen molar-refractivity contribution in [3.63, 3.8) is 0 Å². The molecule has 6 heteroatoms. The topological polar surface area (TPSA) is 36.8 Å². The summed E-state index contributed by atoms with van der Waals surface area (Å²) < 4.78 is 2.27. The minimum Gasteiger partial charge on any atom is -0.310 e. The second-order valence-electron chi connectivity index (χ2n) is 12.8. The Labute approximate surface area is 269 Å². The maximum atomic E-state index is 6.53. The summed E-state index contributed by atoms with van der Waals surface area (Å²) in [7, 11) is 0. The lowest BCUT2D eigenvalue weighted by atomic mass is 10.1. The standard InChI is InChI=1S/C40H35N5O/c1-28-23-24-41-39(25-28)43-35-18-9-8-17-33(35)34-22-21-31(27-38(34)43)42(29-13-6-5-7-14-29)30-15-12-16-32(26-30)44-36-19-10-11-20-37(36)45(46-44)40(2,3)4/h5-27H,1-4H3. The first-order valence-electron chi connectivity index (χ1n) is 15.7. The van der Waals surface area contributed by atoms with Gasteiger partial charge >= 0.3 is 0 Å². The van der Waals surface area contributed by atoms with Crippen LogP contribution in [0.25, 0.3) is 27.6 Å². The van der Waals surface area contributed by atoms with E-state index in [1.165, 1.54) is 16.3 Å². The molecule has 7 aromatic rings. The van der Waals surface area contributed by atoms with Gasteiger partial charge in [-0.15, -0.1) is 4.94 Å². The number of anilines is 6. The van der Waals surface area contributed by atoms with Gasteiger partial charge in [0.05, 0.1) is 33.6 Å². The number of fused-ring (bicyclic) bond motifs is 4. The summed E-state index contributed by atoms with van der Waals surface area (Å²) in [5.74, 6) is 0.907. The molecule has 0 N–H and O–H groups in total. The second-order valence-corrected chi connectivity index (χ2v) is 12.8. The van der Waals surface area contributed by atoms with E-state index in [2.05, 4.69) is 165 Å². The van der Waals surface area contributed by atoms with Gasteiger partial charge in [-0.05, 0) is 106 Å². The molecule has 1 aliphatic heterocycles. The van der Waals surface area contributed by atoms with Crippen LogP contribution in [0.1, 0.15) is 26.3 Å². The number of hydrogen-bond donors (Lipinski definition) is 0. The van der Waals surface area contributed by atoms with E-state index in [1.807, 2.05) is 22.4 Å². The third-order valence-corrected chi connectivity index (χ3v) is 8.47. The van der Waals surface area contributed by atoms with Gasteiger partial charge in [0.1, 0.15) is 5.82 Å². The van der Waals surface area contributed by atoms with E-state index in [-0.39, 0.29) is 5.54 Å². The molecule has 1 aliphatic rings. The third-order valence-electron chi connectivity index (χ3n) is 8.47. The van der Waals surface area contributed by atoms with Crippen molar-refractivity contribution < 1.29 is 4.94 Å². The van der Waals surface area contributed by atoms with Crippen LogP contribution in [0, 0.1) is 6.92 Å². The van der Waals surface area contributed by atoms with E-state index in [9.17, 15) is 0 Å². The lowest BCUT2D eigenvalue weighted by Gasteiger charge is -2.32. The van der Waals surface area contributed by atoms with E-state index < -0.39 is 0 Å². The van der Waals surface area contributed by atoms with Gasteiger partial charge in [0.2, 0.25) is 0 Å². The highest BCUT2D eigenvalue weighted by Crippen LogP contribution is 2.46. The summed E-state index contributed by atoms with van der Waals surface area (Å²) in [6.07, 6.45) is 1.89. The number of pyridine rings is 1. The quantitative estimate of drug-likeness (QED) is 0.196. The lowest BCUT2D eigenvalue weighted by Crippen LogP contribution is -2.41. The SMILES string of the molecule is Cc1ccnc(-n2c3ccccc3c3ccc(N(c4ccccc4)c4cccc(N5ON(C(C)(C)C)c6ccccc65)c4)cc32)c1. The molecule has 5 aromatic carbocycles. The van der Waals surface area contributed by atoms with Crippen LogP contribution in [0.3, 0.4) is 0 Å². The monoisotopic (exact) mass is 601 g/mol. The Morgan fingerprint density at radius 3 is 2.11 bits per heavy atom. The van der Waals surface area contributed by atoms with Crippen molar-refractivity contribution in [1.29, 1.82) is 0 Å². The maximum Gasteiger partial charge on any atom is 0.137 e. The smallest absolute Gasteiger partial charge is 0.137 e. The molecule has 0 saturated heterocycles. The van der Waals surface area contributed by atoms with Crippen molar-refractivity contribution in [3.05, 3.63) is 145 Å². The van der Waals surface area contributed by atoms with Crippen LogP contribution < -0.4 is 15.0 Å². The Morgan fingerprint density at radius 2 is 1.30 bits per heavy atom. The third kappa shape index (κ3) is 4.66. The molecule has 2 aromatic heterocycles. The molecule has 0 radical (unpaired) electrons. The molecule has 0 spiro atoms. The molecule has 0 bridgehead atoms. The molecule has 6 nitrogen and oxygen atoms in total. The minimum absolute atomic E-state index is 0.224. The molecule has 226 valence electrons. The molecular weight excluding hydrogens is 566 g/mol. The molecule has 8 rings (SSSR count). The van der Waals surface area contributed by atoms with Crippen molar-refractivity contribution in [2.75, 3.05) is 15.0 Å². The van der Waals surface area contributed by atoms with Gasteiger partial charge in [-0.3, -0.25) is 4.57 Å². The van der Waals surface area contributed by atoms with Crippen molar-refractivity contribution >= 4 is 55.9 Å². The van der Waals surface area contributed by atoms with Crippen LogP contribution in [0.5, 0.6) is 0 Å². The molecule has 0 aliphatic carbocycles. The van der Waals surface area contributed by atoms with Gasteiger partial charge < -0.3 is 4.90 Å². The van der Waals surface area contributed by atoms with Gasteiger partial charge in [-0.25, -0.2) is 10.0 Å². The Bertz CT molecular complexity index is 2220. The van der Waals surface area contributed by atoms with E-state index in [0.717, 1.165) is 51.0 Å². The number of rotatable bonds is 5. The van der Waals surface area contributed by atoms with Crippen LogP contribution in [0.4, 0.5) is 34.1 Å². The highest BCUT2D eigenvalue weighted by atomic mass is 16.8. The summed E-state index contributed by atoms with van der Waals surface area (Å²) in [6, 6.07) is 46.9. The van der Waals surface area contributed by atoms with Gasteiger partial charge in [0, 0.05) is 34.0 Å². The Hall–Kier alpha value is -5.59. The van der Waals surface area contributed by atoms with E-state index in [1.54, 1.807) is 0 Å². The number of aromatic nitrogens is 2. The molecular formula is C40H35N5O. The fraction of sp³-hybridized carbons (Fsp3) is 0.125. The zero-order valence-corrected chi connectivity index (χ0v) is 26.4. The zero-order chi connectivity index (χ0) is 31.4. The molecule has 0 saturated carbocycles. The van der Waals surface area contributed by atoms with Crippen molar-refractivity contribution in [2.24, 2.45) is 0 Å². The highest BCUT2D eigenvalue weighted by Gasteiger charge is 2.36. The first kappa shape index (κ1) is 27.9. The summed E-state index contributed by atoms with van der Waals surface area (Å²) >= 11 is 0. The Morgan fingerprint density at radius 1 is 0.609 bits per heavy atom. The molecule has 3 heterocycles. The van der Waals surface area contributed by atoms with E-state index in [0.29, 0.717) is 0 Å². The lowest BCUT2D eigenvalue weighted by molar-refractivity contribution is 0.0843. The summed E-state index contributed by atoms with van der Waals surface area (Å²) in [5, 5.41) is 6.30. The van der Waals surface area contributed by atoms with E-state index >= 15 is 0 Å². The summed E-state index contributed by atoms with van der Waals surface area (Å²) in [4.78, 5) is 13.6. The number of hydrogen-bond acceptors (Lipinski definition) is 5. The van der Waals surface area contributed by atoms with Crippen molar-refractivity contribution in [1.82, 2.24) is 9.55 Å². The van der Waals surface area contributed by atoms with E-state index in [4.69, 9.17) is 9.92 Å². The number of aryl methyl sites for hydroxylation is 1. The number of benzene rings is 5. The fourth-order valence-corrected chi connectivity index (χ4v) is 6.42. The van der Waals surface area contributed by atoms with Gasteiger partial charge in [-0.2, -0.15) is 5.06 Å². The predicted octanol–water partition coefficient (Wildman–Crippen LogP) is 10.6. The number of hydroxylamine groups is 1. The van der Waals surface area contributed by atoms with Crippen LogP contribution >= 0.6 is 0 Å². The first-order chi connectivity index (χ1) is 22.4. The van der Waals surface area contributed by atoms with Crippen LogP contribution in [-0.2, 0) is 4.94 Å². The predicted molar refractivity (Wildman–Crippen MR) is 190 cm³/mol. The average molecular weight is 602 g/mol. The van der Waals surface area contributed by atoms with Crippen molar-refractivity contribution in [2.45, 2.75) is 33.2 Å². The van der Waals surface area contributed by atoms with Crippen LogP contribution in [0.15, 0.2) is 140 Å². The second kappa shape index (κ2) is 10.8. The first-order valence-corrected chi connectivity index (χ1v) is 15.7. The number of nitrogens with zero attached hydrogens (tertiary/aromatic N) is 5. The normalized spacial score (nSPS) is 13.0. The number of para-hydroxylation sites is 4. The molecule has 0 unspecified atom stereocenters. The maximum absolute atomic E-state index is 6.53. The largest absolute Gasteiger partial charge is 0.310 e. The molecule has 46 heavy (non-hydrogen) atoms. The molecule has 0 amide bonds. The molecule has 0 atom stereocenters. The Balaban J connectivity index is 1.30. The highest BCUT2D eigenvalue weighted by molar-refractivity contribution is 6.10. The van der Waals surface area contributed by atoms with Crippen LogP contribution in [-0.4, -0.2) is 15.1 Å². The summed E-state index contributed by atoms with van der Waals surface area (Å²) in [6.45, 7) is 8.57. The summed E-state index contributed by atoms with van der Waals surface area (Å²) in [5.41, 5.74) is 9.32. The van der Waals surface area contributed by atoms with Gasteiger partial charge in [-0.1, -0.05) is 60.7 Å². The Kier molecular flexibility index (Phi) is 6.55.